The first kappa shape index (κ1) is 20.2. The van der Waals surface area contributed by atoms with E-state index in [4.69, 9.17) is 15.7 Å². The molecular weight excluding hydrogens is 390 g/mol. The molecule has 3 heterocycles. The van der Waals surface area contributed by atoms with Gasteiger partial charge in [0.15, 0.2) is 0 Å². The average molecular weight is 409 g/mol. The molecule has 0 atom stereocenters. The van der Waals surface area contributed by atoms with Gasteiger partial charge in [-0.2, -0.15) is 9.64 Å². The van der Waals surface area contributed by atoms with Crippen LogP contribution in [0.4, 0.5) is 16.5 Å². The molecule has 0 bridgehead atoms. The van der Waals surface area contributed by atoms with E-state index in [0.717, 1.165) is 18.0 Å². The Morgan fingerprint density at radius 2 is 2.21 bits per heavy atom. The SMILES string of the molecule is Cc1nsc(Nc2cc(C#N)ccn2)c1C(=O)Nc1ccc(OCCCN)nc1. The Balaban J connectivity index is 1.71. The molecule has 0 saturated heterocycles. The molecule has 3 aromatic rings. The number of nitrogens with zero attached hydrogens (tertiary/aromatic N) is 4. The number of pyridine rings is 2. The van der Waals surface area contributed by atoms with Gasteiger partial charge < -0.3 is 21.1 Å². The second kappa shape index (κ2) is 9.59. The highest BCUT2D eigenvalue weighted by Gasteiger charge is 2.19. The number of nitrogens with two attached hydrogens (primary N) is 1. The van der Waals surface area contributed by atoms with Crippen LogP contribution in [0, 0.1) is 18.3 Å². The first-order valence-corrected chi connectivity index (χ1v) is 9.57. The molecule has 0 radical (unpaired) electrons. The fourth-order valence-corrected chi connectivity index (χ4v) is 3.20. The van der Waals surface area contributed by atoms with Crippen LogP contribution in [0.5, 0.6) is 5.88 Å². The summed E-state index contributed by atoms with van der Waals surface area (Å²) in [5.74, 6) is 0.604. The van der Waals surface area contributed by atoms with Crippen LogP contribution in [-0.4, -0.2) is 33.4 Å². The minimum absolute atomic E-state index is 0.325. The van der Waals surface area contributed by atoms with Crippen LogP contribution in [0.2, 0.25) is 0 Å². The second-order valence-corrected chi connectivity index (χ2v) is 6.74. The zero-order valence-corrected chi connectivity index (χ0v) is 16.5. The van der Waals surface area contributed by atoms with E-state index in [1.54, 1.807) is 31.2 Å². The zero-order chi connectivity index (χ0) is 20.6. The van der Waals surface area contributed by atoms with E-state index in [9.17, 15) is 4.79 Å². The van der Waals surface area contributed by atoms with Gasteiger partial charge in [-0.05, 0) is 49.6 Å². The third-order valence-electron chi connectivity index (χ3n) is 3.81. The number of carbonyl (C=O) groups excluding carboxylic acids is 1. The number of hydrogen-bond donors (Lipinski definition) is 3. The predicted molar refractivity (Wildman–Crippen MR) is 110 cm³/mol. The van der Waals surface area contributed by atoms with Gasteiger partial charge >= 0.3 is 0 Å². The summed E-state index contributed by atoms with van der Waals surface area (Å²) in [4.78, 5) is 21.1. The topological polar surface area (TPSA) is 139 Å². The molecule has 10 heteroatoms. The number of nitriles is 1. The van der Waals surface area contributed by atoms with Gasteiger partial charge in [-0.15, -0.1) is 0 Å². The van der Waals surface area contributed by atoms with E-state index < -0.39 is 0 Å². The number of aromatic nitrogens is 3. The first-order chi connectivity index (χ1) is 14.1. The summed E-state index contributed by atoms with van der Waals surface area (Å²) >= 11 is 1.15. The van der Waals surface area contributed by atoms with Crippen molar-refractivity contribution in [2.24, 2.45) is 5.73 Å². The standard InChI is InChI=1S/C19H19N7O2S/c1-12-17(19(29-26-12)25-15-9-13(10-21)5-7-22-15)18(27)24-14-3-4-16(23-11-14)28-8-2-6-20/h3-5,7,9,11H,2,6,8,20H2,1H3,(H,22,25)(H,24,27). The highest BCUT2D eigenvalue weighted by atomic mass is 32.1. The zero-order valence-electron chi connectivity index (χ0n) is 15.7. The quantitative estimate of drug-likeness (QED) is 0.483. The fourth-order valence-electron chi connectivity index (χ4n) is 2.40. The van der Waals surface area contributed by atoms with Crippen molar-refractivity contribution in [1.29, 1.82) is 5.26 Å². The predicted octanol–water partition coefficient (Wildman–Crippen LogP) is 2.84. The summed E-state index contributed by atoms with van der Waals surface area (Å²) in [6, 6.07) is 8.65. The van der Waals surface area contributed by atoms with Gasteiger partial charge in [0.05, 0.1) is 41.4 Å². The Morgan fingerprint density at radius 3 is 2.93 bits per heavy atom. The van der Waals surface area contributed by atoms with Crippen molar-refractivity contribution in [2.45, 2.75) is 13.3 Å². The minimum atomic E-state index is -0.325. The number of carbonyl (C=O) groups is 1. The molecule has 0 aliphatic carbocycles. The normalized spacial score (nSPS) is 10.2. The van der Waals surface area contributed by atoms with Crippen LogP contribution in [0.25, 0.3) is 0 Å². The van der Waals surface area contributed by atoms with Crippen molar-refractivity contribution < 1.29 is 9.53 Å². The Bertz CT molecular complexity index is 1030. The van der Waals surface area contributed by atoms with Gasteiger partial charge in [-0.25, -0.2) is 9.97 Å². The average Bonchev–Trinajstić information content (AvgIpc) is 3.09. The van der Waals surface area contributed by atoms with Crippen molar-refractivity contribution in [3.05, 3.63) is 53.5 Å². The molecule has 0 aliphatic rings. The van der Waals surface area contributed by atoms with Crippen molar-refractivity contribution in [3.63, 3.8) is 0 Å². The van der Waals surface area contributed by atoms with E-state index in [-0.39, 0.29) is 5.91 Å². The number of aryl methyl sites for hydroxylation is 1. The van der Waals surface area contributed by atoms with E-state index in [1.807, 2.05) is 0 Å². The molecule has 0 aromatic carbocycles. The Kier molecular flexibility index (Phi) is 6.67. The second-order valence-electron chi connectivity index (χ2n) is 5.97. The monoisotopic (exact) mass is 409 g/mol. The highest BCUT2D eigenvalue weighted by Crippen LogP contribution is 2.28. The van der Waals surface area contributed by atoms with Crippen molar-refractivity contribution in [3.8, 4) is 11.9 Å². The number of rotatable bonds is 8. The third-order valence-corrected chi connectivity index (χ3v) is 4.67. The van der Waals surface area contributed by atoms with Crippen molar-refractivity contribution >= 4 is 33.9 Å². The summed E-state index contributed by atoms with van der Waals surface area (Å²) in [6.07, 6.45) is 3.79. The molecular formula is C19H19N7O2S. The molecule has 0 fully saturated rings. The van der Waals surface area contributed by atoms with Crippen molar-refractivity contribution in [2.75, 3.05) is 23.8 Å². The summed E-state index contributed by atoms with van der Waals surface area (Å²) in [5.41, 5.74) is 7.42. The van der Waals surface area contributed by atoms with Gasteiger partial charge in [0.25, 0.3) is 5.91 Å². The summed E-state index contributed by atoms with van der Waals surface area (Å²) in [7, 11) is 0. The molecule has 9 nitrogen and oxygen atoms in total. The molecule has 29 heavy (non-hydrogen) atoms. The number of ether oxygens (including phenoxy) is 1. The number of amides is 1. The van der Waals surface area contributed by atoms with E-state index in [1.165, 1.54) is 12.4 Å². The lowest BCUT2D eigenvalue weighted by Crippen LogP contribution is -2.14. The Hall–Kier alpha value is -3.55. The van der Waals surface area contributed by atoms with Crippen LogP contribution in [0.3, 0.4) is 0 Å². The smallest absolute Gasteiger partial charge is 0.260 e. The summed E-state index contributed by atoms with van der Waals surface area (Å²) in [6.45, 7) is 2.79. The van der Waals surface area contributed by atoms with Crippen LogP contribution < -0.4 is 21.1 Å². The van der Waals surface area contributed by atoms with E-state index >= 15 is 0 Å². The largest absolute Gasteiger partial charge is 0.478 e. The number of hydrogen-bond acceptors (Lipinski definition) is 9. The van der Waals surface area contributed by atoms with Crippen molar-refractivity contribution in [1.82, 2.24) is 14.3 Å². The summed E-state index contributed by atoms with van der Waals surface area (Å²) in [5, 5.41) is 15.4. The number of anilines is 3. The highest BCUT2D eigenvalue weighted by molar-refractivity contribution is 7.10. The van der Waals surface area contributed by atoms with E-state index in [0.29, 0.717) is 52.4 Å². The van der Waals surface area contributed by atoms with Gasteiger partial charge in [0, 0.05) is 12.3 Å². The van der Waals surface area contributed by atoms with Crippen LogP contribution >= 0.6 is 11.5 Å². The molecule has 148 valence electrons. The Morgan fingerprint density at radius 1 is 1.34 bits per heavy atom. The lowest BCUT2D eigenvalue weighted by molar-refractivity contribution is 0.102. The minimum Gasteiger partial charge on any atom is -0.478 e. The van der Waals surface area contributed by atoms with Gasteiger partial charge in [0.2, 0.25) is 5.88 Å². The van der Waals surface area contributed by atoms with Crippen LogP contribution in [0.15, 0.2) is 36.7 Å². The lowest BCUT2D eigenvalue weighted by atomic mass is 10.2. The molecule has 3 aromatic heterocycles. The number of nitrogens with one attached hydrogen (secondary N) is 2. The first-order valence-electron chi connectivity index (χ1n) is 8.80. The summed E-state index contributed by atoms with van der Waals surface area (Å²) < 4.78 is 9.70. The maximum Gasteiger partial charge on any atom is 0.260 e. The molecule has 3 rings (SSSR count). The third kappa shape index (κ3) is 5.25. The maximum atomic E-state index is 12.8. The molecule has 1 amide bonds. The van der Waals surface area contributed by atoms with Crippen LogP contribution in [0.1, 0.15) is 28.0 Å². The Labute approximate surface area is 171 Å². The van der Waals surface area contributed by atoms with Gasteiger partial charge in [0.1, 0.15) is 10.8 Å². The lowest BCUT2D eigenvalue weighted by Gasteiger charge is -2.09. The van der Waals surface area contributed by atoms with Gasteiger partial charge in [-0.1, -0.05) is 0 Å². The molecule has 0 spiro atoms. The fraction of sp³-hybridized carbons (Fsp3) is 0.211. The van der Waals surface area contributed by atoms with Crippen LogP contribution in [-0.2, 0) is 0 Å². The van der Waals surface area contributed by atoms with E-state index in [2.05, 4.69) is 31.0 Å². The molecule has 0 unspecified atom stereocenters. The molecule has 0 aliphatic heterocycles. The molecule has 4 N–H and O–H groups in total. The molecule has 0 saturated carbocycles. The maximum absolute atomic E-state index is 12.8. The van der Waals surface area contributed by atoms with Gasteiger partial charge in [-0.3, -0.25) is 4.79 Å².